The van der Waals surface area contributed by atoms with Gasteiger partial charge < -0.3 is 9.47 Å². The van der Waals surface area contributed by atoms with E-state index in [9.17, 15) is 0 Å². The molecule has 10 rings (SSSR count). The highest BCUT2D eigenvalue weighted by molar-refractivity contribution is 6.12. The van der Waals surface area contributed by atoms with Gasteiger partial charge in [0.1, 0.15) is 0 Å². The Hall–Kier alpha value is -7.16. The van der Waals surface area contributed by atoms with Crippen molar-refractivity contribution in [2.45, 2.75) is 0 Å². The fourth-order valence-corrected chi connectivity index (χ4v) is 8.09. The van der Waals surface area contributed by atoms with E-state index in [0.29, 0.717) is 0 Å². The lowest BCUT2D eigenvalue weighted by Crippen LogP contribution is -2.12. The molecular weight excluding hydrogens is 653 g/mol. The summed E-state index contributed by atoms with van der Waals surface area (Å²) in [5.74, 6) is 0. The number of aromatic nitrogens is 1. The lowest BCUT2D eigenvalue weighted by Gasteiger charge is -2.30. The van der Waals surface area contributed by atoms with Crippen LogP contribution in [0.4, 0.5) is 17.1 Å². The van der Waals surface area contributed by atoms with Gasteiger partial charge in [-0.15, -0.1) is 0 Å². The van der Waals surface area contributed by atoms with Gasteiger partial charge in [0.15, 0.2) is 0 Å². The average molecular weight is 689 g/mol. The number of para-hydroxylation sites is 3. The number of benzene rings is 9. The topological polar surface area (TPSA) is 8.17 Å². The van der Waals surface area contributed by atoms with Crippen LogP contribution in [0.3, 0.4) is 0 Å². The fourth-order valence-electron chi connectivity index (χ4n) is 8.09. The molecule has 2 heteroatoms. The van der Waals surface area contributed by atoms with Crippen LogP contribution in [-0.4, -0.2) is 4.57 Å². The molecule has 0 unspecified atom stereocenters. The van der Waals surface area contributed by atoms with Crippen LogP contribution >= 0.6 is 0 Å². The number of hydrogen-bond donors (Lipinski definition) is 0. The maximum Gasteiger partial charge on any atom is 0.0561 e. The minimum absolute atomic E-state index is 1.09. The van der Waals surface area contributed by atoms with Gasteiger partial charge in [0, 0.05) is 33.1 Å². The SMILES string of the molecule is c1ccc(-c2ccc(-c3ccccc3N(c3ccc4c5ccccc5n(-c5ccccc5)c4c3)c3ccc(-c4ccccc4)c4ccccc34)cc2)cc1. The predicted molar refractivity (Wildman–Crippen MR) is 229 cm³/mol. The fraction of sp³-hybridized carbons (Fsp3) is 0. The van der Waals surface area contributed by atoms with Gasteiger partial charge in [-0.2, -0.15) is 0 Å². The maximum atomic E-state index is 2.46. The lowest BCUT2D eigenvalue weighted by atomic mass is 9.95. The molecule has 0 aliphatic rings. The molecule has 0 spiro atoms. The summed E-state index contributed by atoms with van der Waals surface area (Å²) in [6, 6.07) is 78.9. The van der Waals surface area contributed by atoms with E-state index in [-0.39, 0.29) is 0 Å². The first-order valence-electron chi connectivity index (χ1n) is 18.5. The third kappa shape index (κ3) is 5.44. The van der Waals surface area contributed by atoms with E-state index in [1.807, 2.05) is 0 Å². The van der Waals surface area contributed by atoms with E-state index >= 15 is 0 Å². The maximum absolute atomic E-state index is 2.46. The second-order valence-electron chi connectivity index (χ2n) is 13.7. The van der Waals surface area contributed by atoms with Crippen LogP contribution in [0.1, 0.15) is 0 Å². The summed E-state index contributed by atoms with van der Waals surface area (Å²) in [5, 5.41) is 4.88. The third-order valence-electron chi connectivity index (χ3n) is 10.6. The summed E-state index contributed by atoms with van der Waals surface area (Å²) < 4.78 is 2.40. The van der Waals surface area contributed by atoms with Crippen molar-refractivity contribution >= 4 is 49.6 Å². The lowest BCUT2D eigenvalue weighted by molar-refractivity contribution is 1.18. The molecular formula is C52H36N2. The summed E-state index contributed by atoms with van der Waals surface area (Å²) >= 11 is 0. The van der Waals surface area contributed by atoms with Crippen LogP contribution in [0.25, 0.3) is 71.6 Å². The van der Waals surface area contributed by atoms with Crippen molar-refractivity contribution in [3.63, 3.8) is 0 Å². The molecule has 1 heterocycles. The van der Waals surface area contributed by atoms with Gasteiger partial charge in [-0.05, 0) is 75.7 Å². The highest BCUT2D eigenvalue weighted by atomic mass is 15.1. The molecule has 54 heavy (non-hydrogen) atoms. The highest BCUT2D eigenvalue weighted by Gasteiger charge is 2.22. The van der Waals surface area contributed by atoms with Crippen LogP contribution in [0.15, 0.2) is 218 Å². The zero-order chi connectivity index (χ0) is 35.8. The van der Waals surface area contributed by atoms with Gasteiger partial charge in [0.05, 0.1) is 22.4 Å². The first kappa shape index (κ1) is 31.6. The largest absolute Gasteiger partial charge is 0.309 e. The molecule has 0 radical (unpaired) electrons. The second kappa shape index (κ2) is 13.4. The van der Waals surface area contributed by atoms with Crippen molar-refractivity contribution in [3.8, 4) is 39.1 Å². The molecule has 2 nitrogen and oxygen atoms in total. The molecule has 0 aliphatic heterocycles. The molecule has 0 bridgehead atoms. The average Bonchev–Trinajstić information content (AvgIpc) is 3.59. The number of hydrogen-bond acceptors (Lipinski definition) is 1. The number of rotatable bonds is 7. The van der Waals surface area contributed by atoms with Crippen LogP contribution in [0.5, 0.6) is 0 Å². The number of anilines is 3. The second-order valence-corrected chi connectivity index (χ2v) is 13.7. The van der Waals surface area contributed by atoms with Crippen molar-refractivity contribution < 1.29 is 0 Å². The Labute approximate surface area is 315 Å². The van der Waals surface area contributed by atoms with Crippen molar-refractivity contribution in [2.75, 3.05) is 4.90 Å². The summed E-state index contributed by atoms with van der Waals surface area (Å²) in [6.07, 6.45) is 0. The Morgan fingerprint density at radius 2 is 0.833 bits per heavy atom. The summed E-state index contributed by atoms with van der Waals surface area (Å²) in [7, 11) is 0. The first-order valence-corrected chi connectivity index (χ1v) is 18.5. The van der Waals surface area contributed by atoms with E-state index in [1.165, 1.54) is 60.4 Å². The molecule has 0 saturated heterocycles. The minimum atomic E-state index is 1.09. The molecule has 10 aromatic rings. The Morgan fingerprint density at radius 3 is 1.59 bits per heavy atom. The number of fused-ring (bicyclic) bond motifs is 4. The molecule has 0 N–H and O–H groups in total. The van der Waals surface area contributed by atoms with Crippen molar-refractivity contribution in [1.82, 2.24) is 4.57 Å². The van der Waals surface area contributed by atoms with Crippen LogP contribution in [0.2, 0.25) is 0 Å². The Balaban J connectivity index is 1.23. The van der Waals surface area contributed by atoms with E-state index < -0.39 is 0 Å². The van der Waals surface area contributed by atoms with Gasteiger partial charge in [0.25, 0.3) is 0 Å². The predicted octanol–water partition coefficient (Wildman–Crippen LogP) is 14.4. The monoisotopic (exact) mass is 688 g/mol. The Morgan fingerprint density at radius 1 is 0.296 bits per heavy atom. The minimum Gasteiger partial charge on any atom is -0.309 e. The van der Waals surface area contributed by atoms with E-state index in [4.69, 9.17) is 0 Å². The molecule has 0 atom stereocenters. The normalized spacial score (nSPS) is 11.3. The van der Waals surface area contributed by atoms with E-state index in [0.717, 1.165) is 28.3 Å². The summed E-state index contributed by atoms with van der Waals surface area (Å²) in [5.41, 5.74) is 14.0. The molecule has 0 amide bonds. The molecule has 0 saturated carbocycles. The molecule has 254 valence electrons. The molecule has 0 fully saturated rings. The Kier molecular flexibility index (Phi) is 7.85. The van der Waals surface area contributed by atoms with Gasteiger partial charge in [-0.25, -0.2) is 0 Å². The van der Waals surface area contributed by atoms with Gasteiger partial charge in [-0.3, -0.25) is 0 Å². The van der Waals surface area contributed by atoms with Crippen molar-refractivity contribution in [2.24, 2.45) is 0 Å². The zero-order valence-corrected chi connectivity index (χ0v) is 29.7. The third-order valence-corrected chi connectivity index (χ3v) is 10.6. The van der Waals surface area contributed by atoms with Gasteiger partial charge in [0.2, 0.25) is 0 Å². The first-order chi connectivity index (χ1) is 26.8. The Bertz CT molecular complexity index is 2910. The zero-order valence-electron chi connectivity index (χ0n) is 29.7. The summed E-state index contributed by atoms with van der Waals surface area (Å²) in [6.45, 7) is 0. The highest BCUT2D eigenvalue weighted by Crippen LogP contribution is 2.46. The van der Waals surface area contributed by atoms with Crippen molar-refractivity contribution in [1.29, 1.82) is 0 Å². The van der Waals surface area contributed by atoms with Crippen LogP contribution in [0, 0.1) is 0 Å². The number of nitrogens with zero attached hydrogens (tertiary/aromatic N) is 2. The van der Waals surface area contributed by atoms with Crippen molar-refractivity contribution in [3.05, 3.63) is 218 Å². The summed E-state index contributed by atoms with van der Waals surface area (Å²) in [4.78, 5) is 2.46. The standard InChI is InChI=1S/C52H36N2/c1-4-16-37(17-5-1)38-28-30-40(31-29-38)44-22-12-14-26-49(44)54(51-35-34-43(39-18-6-2-7-19-39)45-23-10-11-24-46(45)51)42-32-33-48-47-25-13-15-27-50(47)53(52(48)36-42)41-20-8-3-9-21-41/h1-36H. The van der Waals surface area contributed by atoms with Crippen LogP contribution < -0.4 is 4.90 Å². The van der Waals surface area contributed by atoms with E-state index in [1.54, 1.807) is 0 Å². The molecule has 1 aromatic heterocycles. The van der Waals surface area contributed by atoms with Gasteiger partial charge >= 0.3 is 0 Å². The van der Waals surface area contributed by atoms with Gasteiger partial charge in [-0.1, -0.05) is 176 Å². The molecule has 9 aromatic carbocycles. The van der Waals surface area contributed by atoms with E-state index in [2.05, 4.69) is 228 Å². The molecule has 0 aliphatic carbocycles. The smallest absolute Gasteiger partial charge is 0.0561 e. The quantitative estimate of drug-likeness (QED) is 0.162. The van der Waals surface area contributed by atoms with Crippen LogP contribution in [-0.2, 0) is 0 Å².